The molecule has 0 aromatic heterocycles. The Kier molecular flexibility index (Phi) is 40.1. The Morgan fingerprint density at radius 1 is 0.255 bits per heavy atom. The fourth-order valence-corrected chi connectivity index (χ4v) is 7.99. The Balaban J connectivity index is 1.67. The molecule has 1 heteroatoms. The van der Waals surface area contributed by atoms with Crippen LogP contribution in [-0.2, 0) is 4.74 Å². The molecule has 0 radical (unpaired) electrons. The van der Waals surface area contributed by atoms with E-state index in [-0.39, 0.29) is 0 Å². The van der Waals surface area contributed by atoms with Gasteiger partial charge in [0.05, 0.1) is 12.2 Å². The predicted molar refractivity (Wildman–Crippen MR) is 232 cm³/mol. The van der Waals surface area contributed by atoms with Crippen LogP contribution in [0.4, 0.5) is 0 Å². The molecule has 0 aromatic rings. The lowest BCUT2D eigenvalue weighted by Crippen LogP contribution is -1.95. The normalized spacial score (nSPS) is 16.0. The molecule has 1 fully saturated rings. The Morgan fingerprint density at radius 3 is 0.686 bits per heavy atom. The van der Waals surface area contributed by atoms with Gasteiger partial charge < -0.3 is 4.74 Å². The molecule has 1 aliphatic heterocycles. The van der Waals surface area contributed by atoms with Gasteiger partial charge in [0.15, 0.2) is 0 Å². The molecule has 1 heterocycles. The molecule has 2 atom stereocenters. The second-order valence-electron chi connectivity index (χ2n) is 16.9. The first-order chi connectivity index (χ1) is 25.4. The van der Waals surface area contributed by atoms with Gasteiger partial charge in [0, 0.05) is 0 Å². The van der Waals surface area contributed by atoms with Crippen molar-refractivity contribution >= 4 is 0 Å². The highest BCUT2D eigenvalue weighted by atomic mass is 16.6. The minimum atomic E-state index is 0.622. The lowest BCUT2D eigenvalue weighted by molar-refractivity contribution is 0.347. The first-order valence-electron chi connectivity index (χ1n) is 24.3. The van der Waals surface area contributed by atoms with E-state index in [1.54, 1.807) is 0 Å². The third-order valence-corrected chi connectivity index (χ3v) is 11.7. The largest absolute Gasteiger partial charge is 0.370 e. The summed E-state index contributed by atoms with van der Waals surface area (Å²) in [7, 11) is 0. The number of ether oxygens (including phenoxy) is 1. The Morgan fingerprint density at radius 2 is 0.451 bits per heavy atom. The minimum Gasteiger partial charge on any atom is -0.370 e. The zero-order valence-corrected chi connectivity index (χ0v) is 35.6. The van der Waals surface area contributed by atoms with Crippen molar-refractivity contribution in [3.8, 4) is 0 Å². The molecule has 1 rings (SSSR count). The summed E-state index contributed by atoms with van der Waals surface area (Å²) in [6, 6.07) is 0. The molecule has 302 valence electrons. The fraction of sp³-hybridized carbons (Fsp3) is 0.920. The molecular weight excluding hydrogens is 617 g/mol. The van der Waals surface area contributed by atoms with Gasteiger partial charge in [-0.25, -0.2) is 0 Å². The summed E-state index contributed by atoms with van der Waals surface area (Å²) in [6.45, 7) is 4.60. The third-order valence-electron chi connectivity index (χ3n) is 11.7. The maximum atomic E-state index is 6.00. The van der Waals surface area contributed by atoms with Gasteiger partial charge in [0.1, 0.15) is 0 Å². The zero-order chi connectivity index (χ0) is 36.4. The standard InChI is InChI=1S/C50H96O/c1-3-5-7-9-11-13-15-17-19-21-23-25-27-29-31-33-35-37-39-41-43-45-47-49-50(51-49)48-46-44-42-40-38-36-34-32-30-28-26-24-22-20-18-16-14-12-10-8-6-4-2/h17,19,22,24,49-50H,3-16,18,20-21,23,25-48H2,1-2H3/b19-17-,24-22-. The molecule has 0 spiro atoms. The molecule has 1 saturated heterocycles. The highest BCUT2D eigenvalue weighted by Crippen LogP contribution is 2.32. The first kappa shape index (κ1) is 48.5. The van der Waals surface area contributed by atoms with Crippen LogP contribution in [0.3, 0.4) is 0 Å². The maximum Gasteiger partial charge on any atom is 0.0841 e. The lowest BCUT2D eigenvalue weighted by atomic mass is 10.0. The van der Waals surface area contributed by atoms with Gasteiger partial charge in [-0.1, -0.05) is 244 Å². The van der Waals surface area contributed by atoms with E-state index in [1.807, 2.05) is 0 Å². The SMILES string of the molecule is CCCCCCCC/C=C\CCCCCCCCCCCCCCC1OC1CCCCCCCCCCCC/C=C\CCCCCCCCCC. The van der Waals surface area contributed by atoms with Crippen LogP contribution in [0.2, 0.25) is 0 Å². The van der Waals surface area contributed by atoms with Gasteiger partial charge in [-0.05, 0) is 64.2 Å². The van der Waals surface area contributed by atoms with Crippen molar-refractivity contribution < 1.29 is 4.74 Å². The monoisotopic (exact) mass is 713 g/mol. The minimum absolute atomic E-state index is 0.622. The Labute approximate surface area is 323 Å². The molecule has 0 amide bonds. The summed E-state index contributed by atoms with van der Waals surface area (Å²) in [5, 5.41) is 0. The van der Waals surface area contributed by atoms with Crippen molar-refractivity contribution in [2.75, 3.05) is 0 Å². The van der Waals surface area contributed by atoms with Crippen LogP contribution >= 0.6 is 0 Å². The van der Waals surface area contributed by atoms with Crippen LogP contribution in [0, 0.1) is 0 Å². The van der Waals surface area contributed by atoms with E-state index in [4.69, 9.17) is 4.74 Å². The van der Waals surface area contributed by atoms with Gasteiger partial charge in [0.2, 0.25) is 0 Å². The van der Waals surface area contributed by atoms with E-state index in [0.717, 1.165) is 0 Å². The molecule has 2 unspecified atom stereocenters. The first-order valence-corrected chi connectivity index (χ1v) is 24.3. The molecule has 0 bridgehead atoms. The summed E-state index contributed by atoms with van der Waals surface area (Å²) in [4.78, 5) is 0. The molecular formula is C50H96O. The molecule has 1 nitrogen and oxygen atoms in total. The van der Waals surface area contributed by atoms with Crippen molar-refractivity contribution in [3.63, 3.8) is 0 Å². The van der Waals surface area contributed by atoms with Crippen molar-refractivity contribution in [2.45, 2.75) is 296 Å². The van der Waals surface area contributed by atoms with Gasteiger partial charge in [0.25, 0.3) is 0 Å². The van der Waals surface area contributed by atoms with Crippen LogP contribution in [0.5, 0.6) is 0 Å². The van der Waals surface area contributed by atoms with Crippen LogP contribution in [0.1, 0.15) is 284 Å². The number of rotatable bonds is 44. The second kappa shape index (κ2) is 42.2. The van der Waals surface area contributed by atoms with E-state index < -0.39 is 0 Å². The number of unbranched alkanes of at least 4 members (excludes halogenated alkanes) is 36. The van der Waals surface area contributed by atoms with Gasteiger partial charge >= 0.3 is 0 Å². The highest BCUT2D eigenvalue weighted by Gasteiger charge is 2.36. The summed E-state index contributed by atoms with van der Waals surface area (Å²) in [5.41, 5.74) is 0. The molecule has 51 heavy (non-hydrogen) atoms. The fourth-order valence-electron chi connectivity index (χ4n) is 7.99. The Hall–Kier alpha value is -0.560. The van der Waals surface area contributed by atoms with E-state index in [1.165, 1.54) is 270 Å². The smallest absolute Gasteiger partial charge is 0.0841 e. The highest BCUT2D eigenvalue weighted by molar-refractivity contribution is 4.84. The van der Waals surface area contributed by atoms with Crippen LogP contribution in [0.15, 0.2) is 24.3 Å². The van der Waals surface area contributed by atoms with Crippen molar-refractivity contribution in [2.24, 2.45) is 0 Å². The molecule has 0 aliphatic carbocycles. The van der Waals surface area contributed by atoms with Crippen molar-refractivity contribution in [1.82, 2.24) is 0 Å². The summed E-state index contributed by atoms with van der Waals surface area (Å²) in [5.74, 6) is 0. The van der Waals surface area contributed by atoms with Gasteiger partial charge in [-0.3, -0.25) is 0 Å². The van der Waals surface area contributed by atoms with Crippen LogP contribution in [-0.4, -0.2) is 12.2 Å². The van der Waals surface area contributed by atoms with E-state index in [9.17, 15) is 0 Å². The topological polar surface area (TPSA) is 12.5 Å². The number of hydrogen-bond acceptors (Lipinski definition) is 1. The van der Waals surface area contributed by atoms with Crippen LogP contribution < -0.4 is 0 Å². The van der Waals surface area contributed by atoms with E-state index in [0.29, 0.717) is 12.2 Å². The second-order valence-corrected chi connectivity index (χ2v) is 16.9. The average Bonchev–Trinajstić information content (AvgIpc) is 3.90. The maximum absolute atomic E-state index is 6.00. The number of epoxide rings is 1. The number of hydrogen-bond donors (Lipinski definition) is 0. The summed E-state index contributed by atoms with van der Waals surface area (Å²) >= 11 is 0. The quantitative estimate of drug-likeness (QED) is 0.0348. The molecule has 0 N–H and O–H groups in total. The van der Waals surface area contributed by atoms with Gasteiger partial charge in [-0.15, -0.1) is 0 Å². The summed E-state index contributed by atoms with van der Waals surface area (Å²) in [6.07, 6.45) is 70.6. The molecule has 0 aromatic carbocycles. The molecule has 1 aliphatic rings. The third kappa shape index (κ3) is 39.0. The lowest BCUT2D eigenvalue weighted by Gasteiger charge is -2.03. The molecule has 0 saturated carbocycles. The Bertz CT molecular complexity index is 693. The zero-order valence-electron chi connectivity index (χ0n) is 35.6. The van der Waals surface area contributed by atoms with Gasteiger partial charge in [-0.2, -0.15) is 0 Å². The van der Waals surface area contributed by atoms with E-state index >= 15 is 0 Å². The van der Waals surface area contributed by atoms with Crippen LogP contribution in [0.25, 0.3) is 0 Å². The summed E-state index contributed by atoms with van der Waals surface area (Å²) < 4.78 is 6.00. The van der Waals surface area contributed by atoms with E-state index in [2.05, 4.69) is 38.2 Å². The number of allylic oxidation sites excluding steroid dienone is 4. The van der Waals surface area contributed by atoms with Crippen molar-refractivity contribution in [3.05, 3.63) is 24.3 Å². The average molecular weight is 713 g/mol. The van der Waals surface area contributed by atoms with Crippen molar-refractivity contribution in [1.29, 1.82) is 0 Å². The predicted octanol–water partition coefficient (Wildman–Crippen LogP) is 18.3.